The number of ether oxygens (including phenoxy) is 1. The highest BCUT2D eigenvalue weighted by Gasteiger charge is 2.21. The highest BCUT2D eigenvalue weighted by Crippen LogP contribution is 2.24. The summed E-state index contributed by atoms with van der Waals surface area (Å²) >= 11 is 7.52. The lowest BCUT2D eigenvalue weighted by atomic mass is 9.95. The average molecular weight is 420 g/mol. The molecule has 0 bridgehead atoms. The smallest absolute Gasteiger partial charge is 0.340 e. The number of Topliss-reactive ketones (excluding diaryl/α,β-unsaturated/α-hetero) is 1. The van der Waals surface area contributed by atoms with Crippen LogP contribution in [0, 0.1) is 5.41 Å². The third-order valence-corrected chi connectivity index (χ3v) is 4.93. The minimum absolute atomic E-state index is 0.121. The summed E-state index contributed by atoms with van der Waals surface area (Å²) in [4.78, 5) is 37.4. The molecule has 2 aromatic rings. The van der Waals surface area contributed by atoms with Gasteiger partial charge in [-0.15, -0.1) is 11.8 Å². The maximum Gasteiger partial charge on any atom is 0.340 e. The van der Waals surface area contributed by atoms with Crippen LogP contribution in [0.5, 0.6) is 0 Å². The molecule has 0 aromatic heterocycles. The summed E-state index contributed by atoms with van der Waals surface area (Å²) in [7, 11) is 0. The highest BCUT2D eigenvalue weighted by atomic mass is 35.5. The van der Waals surface area contributed by atoms with E-state index < -0.39 is 18.0 Å². The topological polar surface area (TPSA) is 72.5 Å². The molecule has 0 fully saturated rings. The molecule has 0 saturated heterocycles. The Labute approximate surface area is 173 Å². The fourth-order valence-electron chi connectivity index (χ4n) is 2.14. The number of anilines is 1. The monoisotopic (exact) mass is 419 g/mol. The van der Waals surface area contributed by atoms with E-state index in [1.54, 1.807) is 42.5 Å². The molecule has 0 aliphatic rings. The van der Waals surface area contributed by atoms with Crippen LogP contribution >= 0.6 is 23.4 Å². The Hall–Kier alpha value is -2.31. The third-order valence-electron chi connectivity index (χ3n) is 3.87. The van der Waals surface area contributed by atoms with Gasteiger partial charge < -0.3 is 10.1 Å². The summed E-state index contributed by atoms with van der Waals surface area (Å²) in [5.74, 6) is -1.12. The van der Waals surface area contributed by atoms with Crippen LogP contribution in [-0.2, 0) is 9.53 Å². The van der Waals surface area contributed by atoms with Crippen LogP contribution in [0.25, 0.3) is 0 Å². The van der Waals surface area contributed by atoms with Gasteiger partial charge in [-0.2, -0.15) is 0 Å². The Morgan fingerprint density at radius 2 is 1.71 bits per heavy atom. The molecule has 2 rings (SSSR count). The van der Waals surface area contributed by atoms with Gasteiger partial charge in [-0.3, -0.25) is 9.59 Å². The van der Waals surface area contributed by atoms with Gasteiger partial charge in [-0.1, -0.05) is 32.4 Å². The molecule has 0 unspecified atom stereocenters. The minimum Gasteiger partial charge on any atom is -0.454 e. The van der Waals surface area contributed by atoms with Crippen molar-refractivity contribution in [2.75, 3.05) is 18.2 Å². The summed E-state index contributed by atoms with van der Waals surface area (Å²) in [6.45, 7) is 5.05. The molecule has 28 heavy (non-hydrogen) atoms. The molecule has 1 amide bonds. The first-order chi connectivity index (χ1) is 13.1. The van der Waals surface area contributed by atoms with Gasteiger partial charge in [0.05, 0.1) is 10.6 Å². The second-order valence-electron chi connectivity index (χ2n) is 7.13. The number of halogens is 1. The van der Waals surface area contributed by atoms with E-state index in [-0.39, 0.29) is 22.3 Å². The zero-order valence-electron chi connectivity index (χ0n) is 16.2. The maximum absolute atomic E-state index is 12.3. The molecule has 148 valence electrons. The van der Waals surface area contributed by atoms with Gasteiger partial charge in [0.25, 0.3) is 0 Å². The van der Waals surface area contributed by atoms with Crippen LogP contribution in [-0.4, -0.2) is 30.5 Å². The number of carbonyl (C=O) groups is 3. The standard InChI is InChI=1S/C21H22ClNO4S/c1-21(2,3)20(26)23-14-7-5-13(6-8-14)18(24)12-27-19(25)16-11-15(28-4)9-10-17(16)22/h5-11H,12H2,1-4H3,(H,23,26). The predicted molar refractivity (Wildman–Crippen MR) is 112 cm³/mol. The number of thioether (sulfide) groups is 1. The normalized spacial score (nSPS) is 11.0. The van der Waals surface area contributed by atoms with E-state index in [0.29, 0.717) is 11.3 Å². The van der Waals surface area contributed by atoms with Gasteiger partial charge in [-0.05, 0) is 48.7 Å². The Bertz CT molecular complexity index is 888. The van der Waals surface area contributed by atoms with Gasteiger partial charge >= 0.3 is 5.97 Å². The van der Waals surface area contributed by atoms with Gasteiger partial charge in [0.2, 0.25) is 5.91 Å². The number of amides is 1. The first-order valence-electron chi connectivity index (χ1n) is 8.57. The van der Waals surface area contributed by atoms with Crippen molar-refractivity contribution in [2.45, 2.75) is 25.7 Å². The van der Waals surface area contributed by atoms with Crippen molar-refractivity contribution in [3.63, 3.8) is 0 Å². The van der Waals surface area contributed by atoms with E-state index in [4.69, 9.17) is 16.3 Å². The molecule has 0 radical (unpaired) electrons. The predicted octanol–water partition coefficient (Wildman–Crippen LogP) is 5.09. The van der Waals surface area contributed by atoms with Gasteiger partial charge in [0, 0.05) is 21.6 Å². The van der Waals surface area contributed by atoms with Crippen molar-refractivity contribution >= 4 is 46.7 Å². The summed E-state index contributed by atoms with van der Waals surface area (Å²) in [6, 6.07) is 11.5. The molecule has 1 N–H and O–H groups in total. The van der Waals surface area contributed by atoms with E-state index in [2.05, 4.69) is 5.32 Å². The van der Waals surface area contributed by atoms with Crippen molar-refractivity contribution in [1.29, 1.82) is 0 Å². The van der Waals surface area contributed by atoms with Crippen molar-refractivity contribution in [1.82, 2.24) is 0 Å². The third kappa shape index (κ3) is 5.84. The largest absolute Gasteiger partial charge is 0.454 e. The van der Waals surface area contributed by atoms with Crippen LogP contribution in [0.1, 0.15) is 41.5 Å². The molecule has 2 aromatic carbocycles. The van der Waals surface area contributed by atoms with Crippen LogP contribution in [0.15, 0.2) is 47.4 Å². The second-order valence-corrected chi connectivity index (χ2v) is 8.41. The molecule has 0 aliphatic heterocycles. The molecular formula is C21H22ClNO4S. The number of nitrogens with one attached hydrogen (secondary N) is 1. The molecule has 0 saturated carbocycles. The highest BCUT2D eigenvalue weighted by molar-refractivity contribution is 7.98. The summed E-state index contributed by atoms with van der Waals surface area (Å²) in [5.41, 5.74) is 0.679. The van der Waals surface area contributed by atoms with Gasteiger partial charge in [-0.25, -0.2) is 4.79 Å². The minimum atomic E-state index is -0.650. The molecule has 5 nitrogen and oxygen atoms in total. The molecule has 0 aliphatic carbocycles. The zero-order valence-corrected chi connectivity index (χ0v) is 17.7. The average Bonchev–Trinajstić information content (AvgIpc) is 2.66. The molecule has 0 spiro atoms. The van der Waals surface area contributed by atoms with E-state index in [0.717, 1.165) is 4.90 Å². The zero-order chi connectivity index (χ0) is 20.9. The van der Waals surface area contributed by atoms with Crippen LogP contribution in [0.4, 0.5) is 5.69 Å². The number of hydrogen-bond acceptors (Lipinski definition) is 5. The fourth-order valence-corrected chi connectivity index (χ4v) is 2.77. The maximum atomic E-state index is 12.3. The molecule has 7 heteroatoms. The summed E-state index contributed by atoms with van der Waals surface area (Å²) < 4.78 is 5.11. The van der Waals surface area contributed by atoms with Crippen molar-refractivity contribution < 1.29 is 19.1 Å². The Kier molecular flexibility index (Phi) is 7.27. The number of esters is 1. The molecular weight excluding hydrogens is 398 g/mol. The summed E-state index contributed by atoms with van der Waals surface area (Å²) in [6.07, 6.45) is 1.88. The van der Waals surface area contributed by atoms with Gasteiger partial charge in [0.15, 0.2) is 12.4 Å². The lowest BCUT2D eigenvalue weighted by molar-refractivity contribution is -0.123. The fraction of sp³-hybridized carbons (Fsp3) is 0.286. The number of rotatable bonds is 6. The van der Waals surface area contributed by atoms with Crippen molar-refractivity contribution in [3.05, 3.63) is 58.6 Å². The van der Waals surface area contributed by atoms with Crippen LogP contribution in [0.3, 0.4) is 0 Å². The van der Waals surface area contributed by atoms with E-state index in [9.17, 15) is 14.4 Å². The van der Waals surface area contributed by atoms with E-state index >= 15 is 0 Å². The van der Waals surface area contributed by atoms with Crippen molar-refractivity contribution in [3.8, 4) is 0 Å². The van der Waals surface area contributed by atoms with Crippen molar-refractivity contribution in [2.24, 2.45) is 5.41 Å². The quantitative estimate of drug-likeness (QED) is 0.401. The lowest BCUT2D eigenvalue weighted by Crippen LogP contribution is -2.27. The number of hydrogen-bond donors (Lipinski definition) is 1. The Morgan fingerprint density at radius 3 is 2.29 bits per heavy atom. The van der Waals surface area contributed by atoms with Crippen LogP contribution < -0.4 is 5.32 Å². The number of benzene rings is 2. The number of ketones is 1. The molecule has 0 atom stereocenters. The first kappa shape index (κ1) is 22.0. The Morgan fingerprint density at radius 1 is 1.07 bits per heavy atom. The summed E-state index contributed by atoms with van der Waals surface area (Å²) in [5, 5.41) is 3.06. The van der Waals surface area contributed by atoms with E-state index in [1.165, 1.54) is 11.8 Å². The lowest BCUT2D eigenvalue weighted by Gasteiger charge is -2.17. The Balaban J connectivity index is 1.98. The second kappa shape index (κ2) is 9.26. The SMILES string of the molecule is CSc1ccc(Cl)c(C(=O)OCC(=O)c2ccc(NC(=O)C(C)(C)C)cc2)c1. The van der Waals surface area contributed by atoms with Gasteiger partial charge in [0.1, 0.15) is 0 Å². The van der Waals surface area contributed by atoms with E-state index in [1.807, 2.05) is 27.0 Å². The molecule has 0 heterocycles. The number of carbonyl (C=O) groups excluding carboxylic acids is 3. The first-order valence-corrected chi connectivity index (χ1v) is 10.2. The van der Waals surface area contributed by atoms with Crippen LogP contribution in [0.2, 0.25) is 5.02 Å².